The molecule has 9 nitrogen and oxygen atoms in total. The van der Waals surface area contributed by atoms with Gasteiger partial charge in [0, 0.05) is 19.7 Å². The summed E-state index contributed by atoms with van der Waals surface area (Å²) in [4.78, 5) is 36.1. The Labute approximate surface area is 196 Å². The number of nitrogens with zero attached hydrogens (tertiary/aromatic N) is 1. The summed E-state index contributed by atoms with van der Waals surface area (Å²) in [5.41, 5.74) is 1.71. The van der Waals surface area contributed by atoms with Gasteiger partial charge in [-0.3, -0.25) is 9.59 Å². The molecule has 9 heteroatoms. The first-order chi connectivity index (χ1) is 16.2. The van der Waals surface area contributed by atoms with Crippen LogP contribution in [0.15, 0.2) is 59.5 Å². The van der Waals surface area contributed by atoms with Crippen LogP contribution in [0.2, 0.25) is 0 Å². The van der Waals surface area contributed by atoms with Crippen molar-refractivity contribution in [1.82, 2.24) is 9.88 Å². The van der Waals surface area contributed by atoms with Gasteiger partial charge < -0.3 is 30.2 Å². The molecule has 0 radical (unpaired) electrons. The summed E-state index contributed by atoms with van der Waals surface area (Å²) >= 11 is 0. The number of carbonyl (C=O) groups excluding carboxylic acids is 1. The molecule has 1 heterocycles. The van der Waals surface area contributed by atoms with E-state index in [-0.39, 0.29) is 24.3 Å². The summed E-state index contributed by atoms with van der Waals surface area (Å²) in [6, 6.07) is 12.7. The molecule has 4 N–H and O–H groups in total. The highest BCUT2D eigenvalue weighted by Gasteiger charge is 2.19. The summed E-state index contributed by atoms with van der Waals surface area (Å²) in [6.07, 6.45) is 1.29. The first-order valence-electron chi connectivity index (χ1n) is 10.7. The largest absolute Gasteiger partial charge is 0.505 e. The Hall–Kier alpha value is -4.27. The van der Waals surface area contributed by atoms with Crippen molar-refractivity contribution in [3.63, 3.8) is 0 Å². The zero-order chi connectivity index (χ0) is 24.8. The standard InChI is InChI=1S/C25H27N3O6/c1-15-6-4-7-16(2)23(15)34-18-9-5-8-17(14-18)19(10-11-21(30)31)26-25(33)27-22-20(29)12-13-28(3)24(22)32/h4-9,12-14,19,29H,10-11H2,1-3H3,(H,30,31)(H2,26,27,33)/t19-/m0/s1. The van der Waals surface area contributed by atoms with Gasteiger partial charge in [0.1, 0.15) is 17.2 Å². The fourth-order valence-electron chi connectivity index (χ4n) is 3.51. The number of ether oxygens (including phenoxy) is 1. The van der Waals surface area contributed by atoms with Gasteiger partial charge in [0.05, 0.1) is 6.04 Å². The Kier molecular flexibility index (Phi) is 7.57. The Morgan fingerprint density at radius 2 is 1.76 bits per heavy atom. The highest BCUT2D eigenvalue weighted by atomic mass is 16.5. The molecule has 2 amide bonds. The first-order valence-corrected chi connectivity index (χ1v) is 10.7. The molecular formula is C25H27N3O6. The monoisotopic (exact) mass is 465 g/mol. The molecule has 34 heavy (non-hydrogen) atoms. The number of anilines is 1. The minimum atomic E-state index is -1.01. The van der Waals surface area contributed by atoms with Crippen LogP contribution >= 0.6 is 0 Å². The SMILES string of the molecule is Cc1cccc(C)c1Oc1cccc([C@H](CCC(=O)O)NC(=O)Nc2c(O)ccn(C)c2=O)c1. The number of rotatable bonds is 8. The molecule has 1 aromatic heterocycles. The van der Waals surface area contributed by atoms with Crippen molar-refractivity contribution in [1.29, 1.82) is 0 Å². The topological polar surface area (TPSA) is 130 Å². The molecule has 3 rings (SSSR count). The molecule has 0 spiro atoms. The van der Waals surface area contributed by atoms with Gasteiger partial charge in [-0.1, -0.05) is 30.3 Å². The van der Waals surface area contributed by atoms with Crippen LogP contribution in [-0.4, -0.2) is 26.8 Å². The van der Waals surface area contributed by atoms with Crippen LogP contribution in [-0.2, 0) is 11.8 Å². The summed E-state index contributed by atoms with van der Waals surface area (Å²) < 4.78 is 7.29. The number of aryl methyl sites for hydroxylation is 3. The molecule has 0 aliphatic carbocycles. The fraction of sp³-hybridized carbons (Fsp3) is 0.240. The third-order valence-electron chi connectivity index (χ3n) is 5.33. The molecule has 3 aromatic rings. The van der Waals surface area contributed by atoms with Gasteiger partial charge in [0.2, 0.25) is 0 Å². The molecule has 0 aliphatic rings. The number of carbonyl (C=O) groups is 2. The van der Waals surface area contributed by atoms with E-state index >= 15 is 0 Å². The number of hydrogen-bond acceptors (Lipinski definition) is 5. The average Bonchev–Trinajstić information content (AvgIpc) is 2.79. The minimum Gasteiger partial charge on any atom is -0.505 e. The number of para-hydroxylation sites is 1. The number of aromatic nitrogens is 1. The number of carboxylic acid groups (broad SMARTS) is 1. The van der Waals surface area contributed by atoms with Crippen molar-refractivity contribution in [3.8, 4) is 17.2 Å². The molecule has 0 fully saturated rings. The highest BCUT2D eigenvalue weighted by Crippen LogP contribution is 2.31. The van der Waals surface area contributed by atoms with E-state index in [2.05, 4.69) is 10.6 Å². The van der Waals surface area contributed by atoms with Crippen molar-refractivity contribution < 1.29 is 24.5 Å². The number of aliphatic carboxylic acids is 1. The number of nitrogens with one attached hydrogen (secondary N) is 2. The summed E-state index contributed by atoms with van der Waals surface area (Å²) in [5, 5.41) is 24.2. The summed E-state index contributed by atoms with van der Waals surface area (Å²) in [6.45, 7) is 3.88. The number of hydrogen-bond donors (Lipinski definition) is 4. The van der Waals surface area contributed by atoms with E-state index in [4.69, 9.17) is 9.84 Å². The normalized spacial score (nSPS) is 11.5. The van der Waals surface area contributed by atoms with Gasteiger partial charge in [0.15, 0.2) is 5.69 Å². The lowest BCUT2D eigenvalue weighted by molar-refractivity contribution is -0.137. The second-order valence-electron chi connectivity index (χ2n) is 7.97. The van der Waals surface area contributed by atoms with Gasteiger partial charge in [-0.05, 0) is 55.2 Å². The van der Waals surface area contributed by atoms with E-state index in [1.54, 1.807) is 24.3 Å². The van der Waals surface area contributed by atoms with Crippen molar-refractivity contribution in [2.45, 2.75) is 32.7 Å². The van der Waals surface area contributed by atoms with E-state index in [1.165, 1.54) is 23.9 Å². The molecule has 0 aliphatic heterocycles. The molecule has 2 aromatic carbocycles. The summed E-state index contributed by atoms with van der Waals surface area (Å²) in [7, 11) is 1.49. The predicted molar refractivity (Wildman–Crippen MR) is 128 cm³/mol. The predicted octanol–water partition coefficient (Wildman–Crippen LogP) is 4.23. The first kappa shape index (κ1) is 24.4. The summed E-state index contributed by atoms with van der Waals surface area (Å²) in [5.74, 6) is -0.121. The molecule has 0 saturated heterocycles. The maximum absolute atomic E-state index is 12.7. The van der Waals surface area contributed by atoms with E-state index < -0.39 is 23.6 Å². The van der Waals surface area contributed by atoms with Crippen LogP contribution in [0.3, 0.4) is 0 Å². The Morgan fingerprint density at radius 3 is 2.44 bits per heavy atom. The molecule has 1 atom stereocenters. The van der Waals surface area contributed by atoms with Crippen LogP contribution in [0, 0.1) is 13.8 Å². The van der Waals surface area contributed by atoms with Gasteiger partial charge in [-0.15, -0.1) is 0 Å². The van der Waals surface area contributed by atoms with Gasteiger partial charge in [-0.2, -0.15) is 0 Å². The van der Waals surface area contributed by atoms with Gasteiger partial charge >= 0.3 is 12.0 Å². The lowest BCUT2D eigenvalue weighted by Gasteiger charge is -2.20. The van der Waals surface area contributed by atoms with Crippen LogP contribution in [0.1, 0.15) is 35.6 Å². The lowest BCUT2D eigenvalue weighted by atomic mass is 10.0. The third-order valence-corrected chi connectivity index (χ3v) is 5.33. The van der Waals surface area contributed by atoms with Crippen LogP contribution in [0.25, 0.3) is 0 Å². The molecule has 0 saturated carbocycles. The number of aromatic hydroxyl groups is 1. The number of urea groups is 1. The van der Waals surface area contributed by atoms with E-state index in [0.29, 0.717) is 11.3 Å². The zero-order valence-corrected chi connectivity index (χ0v) is 19.2. The van der Waals surface area contributed by atoms with E-state index in [9.17, 15) is 19.5 Å². The molecular weight excluding hydrogens is 438 g/mol. The molecule has 0 unspecified atom stereocenters. The van der Waals surface area contributed by atoms with Crippen LogP contribution < -0.4 is 20.9 Å². The Balaban J connectivity index is 1.84. The van der Waals surface area contributed by atoms with Gasteiger partial charge in [-0.25, -0.2) is 4.79 Å². The molecule has 178 valence electrons. The second kappa shape index (κ2) is 10.6. The quantitative estimate of drug-likeness (QED) is 0.394. The van der Waals surface area contributed by atoms with Crippen molar-refractivity contribution >= 4 is 17.7 Å². The minimum absolute atomic E-state index is 0.106. The number of pyridine rings is 1. The Morgan fingerprint density at radius 1 is 1.09 bits per heavy atom. The van der Waals surface area contributed by atoms with E-state index in [0.717, 1.165) is 16.9 Å². The zero-order valence-electron chi connectivity index (χ0n) is 19.2. The maximum atomic E-state index is 12.7. The van der Waals surface area contributed by atoms with Crippen molar-refractivity contribution in [2.75, 3.05) is 5.32 Å². The maximum Gasteiger partial charge on any atom is 0.319 e. The number of carboxylic acids is 1. The fourth-order valence-corrected chi connectivity index (χ4v) is 3.51. The number of amides is 2. The van der Waals surface area contributed by atoms with E-state index in [1.807, 2.05) is 32.0 Å². The Bertz CT molecular complexity index is 1250. The average molecular weight is 466 g/mol. The van der Waals surface area contributed by atoms with Crippen LogP contribution in [0.4, 0.5) is 10.5 Å². The van der Waals surface area contributed by atoms with Gasteiger partial charge in [0.25, 0.3) is 5.56 Å². The highest BCUT2D eigenvalue weighted by molar-refractivity contribution is 5.90. The third kappa shape index (κ3) is 5.94. The van der Waals surface area contributed by atoms with Crippen LogP contribution in [0.5, 0.6) is 17.2 Å². The molecule has 0 bridgehead atoms. The van der Waals surface area contributed by atoms with Crippen molar-refractivity contribution in [2.24, 2.45) is 7.05 Å². The number of benzene rings is 2. The smallest absolute Gasteiger partial charge is 0.319 e. The lowest BCUT2D eigenvalue weighted by Crippen LogP contribution is -2.35. The second-order valence-corrected chi connectivity index (χ2v) is 7.97. The van der Waals surface area contributed by atoms with Crippen molar-refractivity contribution in [3.05, 3.63) is 81.8 Å².